The highest BCUT2D eigenvalue weighted by Gasteiger charge is 2.24. The molecule has 0 saturated heterocycles. The molecule has 1 amide bonds. The normalized spacial score (nSPS) is 13.0. The Bertz CT molecular complexity index is 913. The topological polar surface area (TPSA) is 95.9 Å². The lowest BCUT2D eigenvalue weighted by molar-refractivity contribution is -0.151. The molecule has 0 spiro atoms. The van der Waals surface area contributed by atoms with Crippen LogP contribution in [0.2, 0.25) is 0 Å². The van der Waals surface area contributed by atoms with Crippen molar-refractivity contribution in [1.29, 1.82) is 0 Å². The van der Waals surface area contributed by atoms with Crippen LogP contribution in [0, 0.1) is 0 Å². The number of ether oxygens (including phenoxy) is 1. The maximum absolute atomic E-state index is 13.2. The van der Waals surface area contributed by atoms with Crippen molar-refractivity contribution in [1.82, 2.24) is 5.32 Å². The Morgan fingerprint density at radius 3 is 0.968 bits per heavy atom. The van der Waals surface area contributed by atoms with Gasteiger partial charge in [0, 0.05) is 6.42 Å². The number of hydrogen-bond acceptors (Lipinski definition) is 5. The molecule has 0 aromatic heterocycles. The number of esters is 1. The fourth-order valence-corrected chi connectivity index (χ4v) is 9.32. The summed E-state index contributed by atoms with van der Waals surface area (Å²) in [6.07, 6.45) is 57.4. The summed E-state index contributed by atoms with van der Waals surface area (Å²) in [6, 6.07) is -0.693. The monoisotopic (exact) mass is 892 g/mol. The summed E-state index contributed by atoms with van der Waals surface area (Å²) in [6.45, 7) is 6.53. The SMILES string of the molecule is CCCCCCCCCCCCCCCCCCCC(O)C(CO)NC(=O)CC(CCCCCCCCCCCCCC)OC(=O)CCCCCCCCCCCCCCCCC. The van der Waals surface area contributed by atoms with Gasteiger partial charge in [-0.05, 0) is 25.7 Å². The molecule has 0 aromatic carbocycles. The number of amides is 1. The lowest BCUT2D eigenvalue weighted by Crippen LogP contribution is -2.46. The van der Waals surface area contributed by atoms with Gasteiger partial charge in [-0.2, -0.15) is 0 Å². The van der Waals surface area contributed by atoms with Crippen molar-refractivity contribution in [3.8, 4) is 0 Å². The summed E-state index contributed by atoms with van der Waals surface area (Å²) >= 11 is 0. The van der Waals surface area contributed by atoms with Gasteiger partial charge in [-0.1, -0.05) is 290 Å². The van der Waals surface area contributed by atoms with Crippen LogP contribution < -0.4 is 5.32 Å². The Balaban J connectivity index is 4.42. The molecule has 0 bridgehead atoms. The van der Waals surface area contributed by atoms with E-state index in [1.807, 2.05) is 0 Å². The Labute approximate surface area is 394 Å². The first kappa shape index (κ1) is 61.9. The van der Waals surface area contributed by atoms with Crippen molar-refractivity contribution in [3.63, 3.8) is 0 Å². The zero-order valence-electron chi connectivity index (χ0n) is 43.0. The third kappa shape index (κ3) is 47.2. The van der Waals surface area contributed by atoms with E-state index in [0.717, 1.165) is 38.5 Å². The molecule has 0 saturated carbocycles. The maximum atomic E-state index is 13.2. The molecule has 0 rings (SSSR count). The van der Waals surface area contributed by atoms with Crippen LogP contribution in [0.1, 0.15) is 329 Å². The summed E-state index contributed by atoms with van der Waals surface area (Å²) < 4.78 is 5.96. The lowest BCUT2D eigenvalue weighted by Gasteiger charge is -2.24. The van der Waals surface area contributed by atoms with Crippen molar-refractivity contribution in [2.75, 3.05) is 6.61 Å². The molecule has 3 N–H and O–H groups in total. The van der Waals surface area contributed by atoms with Crippen molar-refractivity contribution < 1.29 is 24.5 Å². The van der Waals surface area contributed by atoms with Gasteiger partial charge in [0.2, 0.25) is 5.91 Å². The number of hydrogen-bond donors (Lipinski definition) is 3. The second-order valence-corrected chi connectivity index (χ2v) is 20.1. The molecule has 6 nitrogen and oxygen atoms in total. The van der Waals surface area contributed by atoms with Crippen LogP contribution in [0.15, 0.2) is 0 Å². The summed E-state index contributed by atoms with van der Waals surface area (Å²) in [5, 5.41) is 23.9. The summed E-state index contributed by atoms with van der Waals surface area (Å²) in [5.41, 5.74) is 0. The third-order valence-electron chi connectivity index (χ3n) is 13.7. The van der Waals surface area contributed by atoms with E-state index in [1.165, 1.54) is 244 Å². The minimum atomic E-state index is -0.780. The number of aliphatic hydroxyl groups is 2. The average molecular weight is 893 g/mol. The summed E-state index contributed by atoms with van der Waals surface area (Å²) in [7, 11) is 0. The smallest absolute Gasteiger partial charge is 0.306 e. The van der Waals surface area contributed by atoms with E-state index in [2.05, 4.69) is 26.1 Å². The van der Waals surface area contributed by atoms with Crippen LogP contribution in [-0.2, 0) is 14.3 Å². The minimum absolute atomic E-state index is 0.0883. The molecular weight excluding hydrogens is 779 g/mol. The predicted molar refractivity (Wildman–Crippen MR) is 274 cm³/mol. The zero-order chi connectivity index (χ0) is 45.9. The molecule has 0 aliphatic rings. The second kappa shape index (κ2) is 51.8. The standard InChI is InChI=1S/C57H113NO5/c1-4-7-10-13-16-19-22-25-27-28-30-31-34-37-40-43-46-49-55(60)54(52-59)58-56(61)51-53(48-45-42-39-36-33-24-21-18-15-12-9-6-3)63-57(62)50-47-44-41-38-35-32-29-26-23-20-17-14-11-8-5-2/h53-55,59-60H,4-52H2,1-3H3,(H,58,61). The highest BCUT2D eigenvalue weighted by atomic mass is 16.5. The number of aliphatic hydroxyl groups excluding tert-OH is 2. The van der Waals surface area contributed by atoms with E-state index < -0.39 is 18.2 Å². The van der Waals surface area contributed by atoms with Crippen molar-refractivity contribution in [2.45, 2.75) is 347 Å². The maximum Gasteiger partial charge on any atom is 0.306 e. The highest BCUT2D eigenvalue weighted by molar-refractivity contribution is 5.77. The number of carbonyl (C=O) groups excluding carboxylic acids is 2. The first-order valence-electron chi connectivity index (χ1n) is 28.8. The first-order valence-corrected chi connectivity index (χ1v) is 28.8. The van der Waals surface area contributed by atoms with E-state index in [4.69, 9.17) is 4.74 Å². The van der Waals surface area contributed by atoms with E-state index in [-0.39, 0.29) is 24.9 Å². The molecule has 3 unspecified atom stereocenters. The number of unbranched alkanes of at least 4 members (excludes halogenated alkanes) is 41. The van der Waals surface area contributed by atoms with Gasteiger partial charge in [-0.3, -0.25) is 9.59 Å². The Morgan fingerprint density at radius 1 is 0.397 bits per heavy atom. The Kier molecular flexibility index (Phi) is 50.9. The zero-order valence-corrected chi connectivity index (χ0v) is 43.0. The number of carbonyl (C=O) groups is 2. The quantitative estimate of drug-likeness (QED) is 0.0418. The van der Waals surface area contributed by atoms with Gasteiger partial charge < -0.3 is 20.3 Å². The lowest BCUT2D eigenvalue weighted by atomic mass is 10.0. The van der Waals surface area contributed by atoms with Crippen LogP contribution >= 0.6 is 0 Å². The Morgan fingerprint density at radius 2 is 0.667 bits per heavy atom. The molecule has 0 aliphatic carbocycles. The molecule has 0 fully saturated rings. The van der Waals surface area contributed by atoms with E-state index in [9.17, 15) is 19.8 Å². The van der Waals surface area contributed by atoms with Crippen molar-refractivity contribution in [3.05, 3.63) is 0 Å². The average Bonchev–Trinajstić information content (AvgIpc) is 3.28. The molecule has 6 heteroatoms. The van der Waals surface area contributed by atoms with Gasteiger partial charge in [0.15, 0.2) is 0 Å². The summed E-state index contributed by atoms with van der Waals surface area (Å²) in [4.78, 5) is 26.2. The van der Waals surface area contributed by atoms with Gasteiger partial charge in [0.05, 0.1) is 25.2 Å². The van der Waals surface area contributed by atoms with E-state index >= 15 is 0 Å². The minimum Gasteiger partial charge on any atom is -0.462 e. The predicted octanol–water partition coefficient (Wildman–Crippen LogP) is 17.5. The van der Waals surface area contributed by atoms with Gasteiger partial charge in [-0.25, -0.2) is 0 Å². The molecule has 0 aromatic rings. The molecule has 376 valence electrons. The van der Waals surface area contributed by atoms with Gasteiger partial charge >= 0.3 is 5.97 Å². The number of nitrogens with one attached hydrogen (secondary N) is 1. The molecule has 0 radical (unpaired) electrons. The molecular formula is C57H113NO5. The van der Waals surface area contributed by atoms with E-state index in [0.29, 0.717) is 19.3 Å². The molecule has 0 heterocycles. The van der Waals surface area contributed by atoms with Gasteiger partial charge in [-0.15, -0.1) is 0 Å². The van der Waals surface area contributed by atoms with Gasteiger partial charge in [0.25, 0.3) is 0 Å². The van der Waals surface area contributed by atoms with Gasteiger partial charge in [0.1, 0.15) is 6.10 Å². The molecule has 0 aliphatic heterocycles. The highest BCUT2D eigenvalue weighted by Crippen LogP contribution is 2.19. The third-order valence-corrected chi connectivity index (χ3v) is 13.7. The molecule has 3 atom stereocenters. The fourth-order valence-electron chi connectivity index (χ4n) is 9.32. The van der Waals surface area contributed by atoms with Crippen LogP contribution in [0.4, 0.5) is 0 Å². The molecule has 63 heavy (non-hydrogen) atoms. The second-order valence-electron chi connectivity index (χ2n) is 20.1. The van der Waals surface area contributed by atoms with Crippen LogP contribution in [0.3, 0.4) is 0 Å². The largest absolute Gasteiger partial charge is 0.462 e. The first-order chi connectivity index (χ1) is 31.0. The number of rotatable bonds is 53. The van der Waals surface area contributed by atoms with Crippen molar-refractivity contribution >= 4 is 11.9 Å². The van der Waals surface area contributed by atoms with E-state index in [1.54, 1.807) is 0 Å². The summed E-state index contributed by atoms with van der Waals surface area (Å²) in [5.74, 6) is -0.446. The van der Waals surface area contributed by atoms with Crippen LogP contribution in [0.25, 0.3) is 0 Å². The fraction of sp³-hybridized carbons (Fsp3) is 0.965. The van der Waals surface area contributed by atoms with Crippen molar-refractivity contribution in [2.24, 2.45) is 0 Å². The van der Waals surface area contributed by atoms with Crippen LogP contribution in [-0.4, -0.2) is 46.9 Å². The Hall–Kier alpha value is -1.14. The van der Waals surface area contributed by atoms with Crippen LogP contribution in [0.5, 0.6) is 0 Å².